The molecule has 1 unspecified atom stereocenters. The van der Waals surface area contributed by atoms with Crippen LogP contribution in [0.25, 0.3) is 0 Å². The first kappa shape index (κ1) is 19.5. The normalized spacial score (nSPS) is 30.8. The average Bonchev–Trinajstić information content (AvgIpc) is 2.53. The van der Waals surface area contributed by atoms with Crippen molar-refractivity contribution in [2.75, 3.05) is 72.5 Å². The number of piperazine rings is 1. The van der Waals surface area contributed by atoms with Crippen LogP contribution in [0.15, 0.2) is 0 Å². The summed E-state index contributed by atoms with van der Waals surface area (Å²) in [6, 6.07) is 0. The Morgan fingerprint density at radius 1 is 1.00 bits per heavy atom. The molecule has 0 radical (unpaired) electrons. The third-order valence-electron chi connectivity index (χ3n) is 6.18. The summed E-state index contributed by atoms with van der Waals surface area (Å²) in [6.07, 6.45) is 5.58. The van der Waals surface area contributed by atoms with Gasteiger partial charge in [-0.3, -0.25) is 0 Å². The van der Waals surface area contributed by atoms with Gasteiger partial charge in [-0.15, -0.1) is 12.4 Å². The maximum Gasteiger partial charge on any atom is 0.0110 e. The fraction of sp³-hybridized carbons (Fsp3) is 1.00. The van der Waals surface area contributed by atoms with Gasteiger partial charge in [-0.25, -0.2) is 0 Å². The quantitative estimate of drug-likeness (QED) is 0.838. The summed E-state index contributed by atoms with van der Waals surface area (Å²) >= 11 is 0. The Bertz CT molecular complexity index is 330. The smallest absolute Gasteiger partial charge is 0.0110 e. The van der Waals surface area contributed by atoms with E-state index in [-0.39, 0.29) is 12.4 Å². The first-order chi connectivity index (χ1) is 10.6. The third kappa shape index (κ3) is 5.86. The minimum absolute atomic E-state index is 0. The molecule has 0 amide bonds. The van der Waals surface area contributed by atoms with Gasteiger partial charge >= 0.3 is 0 Å². The van der Waals surface area contributed by atoms with Crippen molar-refractivity contribution in [3.05, 3.63) is 0 Å². The molecule has 1 atom stereocenters. The molecule has 0 aromatic heterocycles. The first-order valence-corrected chi connectivity index (χ1v) is 9.47. The van der Waals surface area contributed by atoms with Crippen LogP contribution in [0.4, 0.5) is 0 Å². The highest BCUT2D eigenvalue weighted by Gasteiger charge is 2.33. The SMILES string of the molecule is CN1CCN(CC2(C)CCN(CC3CCCNC3)CC2)CC1.Cl. The number of rotatable bonds is 4. The molecule has 23 heavy (non-hydrogen) atoms. The average molecular weight is 345 g/mol. The predicted molar refractivity (Wildman–Crippen MR) is 101 cm³/mol. The molecule has 3 saturated heterocycles. The number of hydrogen-bond donors (Lipinski definition) is 1. The molecule has 0 aromatic carbocycles. The summed E-state index contributed by atoms with van der Waals surface area (Å²) in [4.78, 5) is 7.91. The van der Waals surface area contributed by atoms with E-state index >= 15 is 0 Å². The van der Waals surface area contributed by atoms with Crippen LogP contribution in [0.1, 0.15) is 32.6 Å². The van der Waals surface area contributed by atoms with Gasteiger partial charge < -0.3 is 20.0 Å². The maximum atomic E-state index is 3.56. The van der Waals surface area contributed by atoms with Crippen LogP contribution in [0.5, 0.6) is 0 Å². The van der Waals surface area contributed by atoms with Crippen molar-refractivity contribution in [2.45, 2.75) is 32.6 Å². The van der Waals surface area contributed by atoms with Gasteiger partial charge in [0.2, 0.25) is 0 Å². The lowest BCUT2D eigenvalue weighted by Gasteiger charge is -2.44. The van der Waals surface area contributed by atoms with Gasteiger partial charge in [0.15, 0.2) is 0 Å². The molecule has 0 bridgehead atoms. The molecule has 0 aliphatic carbocycles. The molecule has 3 fully saturated rings. The zero-order valence-corrected chi connectivity index (χ0v) is 16.0. The van der Waals surface area contributed by atoms with Crippen LogP contribution in [0.2, 0.25) is 0 Å². The van der Waals surface area contributed by atoms with Gasteiger partial charge in [0.1, 0.15) is 0 Å². The number of halogens is 1. The highest BCUT2D eigenvalue weighted by atomic mass is 35.5. The van der Waals surface area contributed by atoms with E-state index in [1.165, 1.54) is 91.1 Å². The van der Waals surface area contributed by atoms with E-state index in [0.29, 0.717) is 5.41 Å². The van der Waals surface area contributed by atoms with E-state index in [2.05, 4.69) is 34.0 Å². The molecular formula is C18H37ClN4. The van der Waals surface area contributed by atoms with E-state index in [4.69, 9.17) is 0 Å². The lowest BCUT2D eigenvalue weighted by atomic mass is 9.79. The van der Waals surface area contributed by atoms with Crippen molar-refractivity contribution < 1.29 is 0 Å². The van der Waals surface area contributed by atoms with Gasteiger partial charge in [0.25, 0.3) is 0 Å². The number of piperidine rings is 2. The zero-order chi connectivity index (χ0) is 15.4. The van der Waals surface area contributed by atoms with Crippen molar-refractivity contribution in [3.63, 3.8) is 0 Å². The Morgan fingerprint density at radius 2 is 1.70 bits per heavy atom. The van der Waals surface area contributed by atoms with Gasteiger partial charge in [-0.05, 0) is 70.2 Å². The van der Waals surface area contributed by atoms with Crippen LogP contribution < -0.4 is 5.32 Å². The number of likely N-dealkylation sites (tertiary alicyclic amines) is 1. The molecule has 3 aliphatic rings. The minimum Gasteiger partial charge on any atom is -0.316 e. The van der Waals surface area contributed by atoms with Crippen molar-refractivity contribution in [2.24, 2.45) is 11.3 Å². The number of likely N-dealkylation sites (N-methyl/N-ethyl adjacent to an activating group) is 1. The van der Waals surface area contributed by atoms with E-state index in [9.17, 15) is 0 Å². The van der Waals surface area contributed by atoms with Crippen molar-refractivity contribution >= 4 is 12.4 Å². The minimum atomic E-state index is 0. The van der Waals surface area contributed by atoms with E-state index in [1.54, 1.807) is 0 Å². The van der Waals surface area contributed by atoms with Gasteiger partial charge in [0, 0.05) is 39.3 Å². The van der Waals surface area contributed by atoms with Gasteiger partial charge in [-0.2, -0.15) is 0 Å². The Hall–Kier alpha value is 0.130. The number of nitrogens with one attached hydrogen (secondary N) is 1. The summed E-state index contributed by atoms with van der Waals surface area (Å²) < 4.78 is 0. The van der Waals surface area contributed by atoms with Crippen LogP contribution in [-0.2, 0) is 0 Å². The molecule has 3 heterocycles. The van der Waals surface area contributed by atoms with Crippen LogP contribution >= 0.6 is 12.4 Å². The molecule has 4 nitrogen and oxygen atoms in total. The van der Waals surface area contributed by atoms with E-state index in [0.717, 1.165) is 5.92 Å². The molecule has 1 N–H and O–H groups in total. The van der Waals surface area contributed by atoms with Crippen LogP contribution in [0, 0.1) is 11.3 Å². The molecule has 3 rings (SSSR count). The number of hydrogen-bond acceptors (Lipinski definition) is 4. The van der Waals surface area contributed by atoms with Crippen LogP contribution in [0.3, 0.4) is 0 Å². The lowest BCUT2D eigenvalue weighted by Crippen LogP contribution is -2.51. The fourth-order valence-electron chi connectivity index (χ4n) is 4.42. The second-order valence-electron chi connectivity index (χ2n) is 8.40. The summed E-state index contributed by atoms with van der Waals surface area (Å²) in [5.74, 6) is 0.899. The standard InChI is InChI=1S/C18H36N4.ClH/c1-18(16-22-12-10-20(2)11-13-22)5-8-21(9-6-18)15-17-4-3-7-19-14-17;/h17,19H,3-16H2,1-2H3;1H. The molecule has 5 heteroatoms. The summed E-state index contributed by atoms with van der Waals surface area (Å²) in [5, 5.41) is 3.56. The fourth-order valence-corrected chi connectivity index (χ4v) is 4.42. The van der Waals surface area contributed by atoms with E-state index in [1.807, 2.05) is 0 Å². The third-order valence-corrected chi connectivity index (χ3v) is 6.18. The Balaban J connectivity index is 0.00000192. The molecular weight excluding hydrogens is 308 g/mol. The summed E-state index contributed by atoms with van der Waals surface area (Å²) in [5.41, 5.74) is 0.553. The van der Waals surface area contributed by atoms with Crippen LogP contribution in [-0.4, -0.2) is 87.2 Å². The second-order valence-corrected chi connectivity index (χ2v) is 8.40. The molecule has 0 spiro atoms. The Morgan fingerprint density at radius 3 is 2.30 bits per heavy atom. The monoisotopic (exact) mass is 344 g/mol. The zero-order valence-electron chi connectivity index (χ0n) is 15.2. The topological polar surface area (TPSA) is 21.8 Å². The van der Waals surface area contributed by atoms with Gasteiger partial charge in [0.05, 0.1) is 0 Å². The summed E-state index contributed by atoms with van der Waals surface area (Å²) in [6.45, 7) is 15.3. The second kappa shape index (κ2) is 9.00. The molecule has 0 saturated carbocycles. The highest BCUT2D eigenvalue weighted by Crippen LogP contribution is 2.32. The van der Waals surface area contributed by atoms with E-state index < -0.39 is 0 Å². The number of nitrogens with zero attached hydrogens (tertiary/aromatic N) is 3. The van der Waals surface area contributed by atoms with Crippen molar-refractivity contribution in [1.29, 1.82) is 0 Å². The maximum absolute atomic E-state index is 3.56. The molecule has 0 aromatic rings. The predicted octanol–water partition coefficient (Wildman–Crippen LogP) is 1.76. The van der Waals surface area contributed by atoms with Gasteiger partial charge in [-0.1, -0.05) is 6.92 Å². The molecule has 136 valence electrons. The van der Waals surface area contributed by atoms with Crippen molar-refractivity contribution in [1.82, 2.24) is 20.0 Å². The molecule has 3 aliphatic heterocycles. The summed E-state index contributed by atoms with van der Waals surface area (Å²) in [7, 11) is 2.25. The van der Waals surface area contributed by atoms with Crippen molar-refractivity contribution in [3.8, 4) is 0 Å². The highest BCUT2D eigenvalue weighted by molar-refractivity contribution is 5.85. The first-order valence-electron chi connectivity index (χ1n) is 9.47. The Kier molecular flexibility index (Phi) is 7.61. The largest absolute Gasteiger partial charge is 0.316 e. The lowest BCUT2D eigenvalue weighted by molar-refractivity contribution is 0.0478. The Labute approximate surface area is 149 Å².